The van der Waals surface area contributed by atoms with E-state index < -0.39 is 0 Å². The molecular formula is C22H19FN2O3S. The molecule has 1 unspecified atom stereocenters. The van der Waals surface area contributed by atoms with Crippen molar-refractivity contribution in [3.63, 3.8) is 0 Å². The number of ether oxygens (including phenoxy) is 1. The lowest BCUT2D eigenvalue weighted by molar-refractivity contribution is -0.122. The number of thiophene rings is 1. The van der Waals surface area contributed by atoms with Crippen LogP contribution in [0.2, 0.25) is 0 Å². The maximum absolute atomic E-state index is 13.3. The van der Waals surface area contributed by atoms with E-state index in [4.69, 9.17) is 4.74 Å². The lowest BCUT2D eigenvalue weighted by Crippen LogP contribution is -2.41. The van der Waals surface area contributed by atoms with Gasteiger partial charge in [0.2, 0.25) is 5.91 Å². The highest BCUT2D eigenvalue weighted by Crippen LogP contribution is 2.31. The summed E-state index contributed by atoms with van der Waals surface area (Å²) in [7, 11) is 0. The van der Waals surface area contributed by atoms with E-state index in [-0.39, 0.29) is 43.2 Å². The van der Waals surface area contributed by atoms with Crippen LogP contribution in [0, 0.1) is 5.82 Å². The number of para-hydroxylation sites is 2. The first kappa shape index (κ1) is 19.1. The van der Waals surface area contributed by atoms with Gasteiger partial charge in [0.05, 0.1) is 11.7 Å². The van der Waals surface area contributed by atoms with Crippen molar-refractivity contribution in [3.05, 3.63) is 82.3 Å². The summed E-state index contributed by atoms with van der Waals surface area (Å²) in [5.41, 5.74) is 1.47. The van der Waals surface area contributed by atoms with Crippen LogP contribution in [0.4, 0.5) is 10.1 Å². The third-order valence-electron chi connectivity index (χ3n) is 4.71. The number of nitrogens with one attached hydrogen (secondary N) is 1. The van der Waals surface area contributed by atoms with Crippen LogP contribution in [0.25, 0.3) is 0 Å². The molecule has 0 aliphatic carbocycles. The molecule has 1 aliphatic rings. The molecule has 5 nitrogen and oxygen atoms in total. The molecule has 1 atom stereocenters. The van der Waals surface area contributed by atoms with Gasteiger partial charge in [0.15, 0.2) is 6.61 Å². The molecule has 2 amide bonds. The van der Waals surface area contributed by atoms with Crippen molar-refractivity contribution >= 4 is 28.8 Å². The minimum Gasteiger partial charge on any atom is -0.482 e. The van der Waals surface area contributed by atoms with Crippen LogP contribution >= 0.6 is 11.3 Å². The zero-order chi connectivity index (χ0) is 20.2. The predicted molar refractivity (Wildman–Crippen MR) is 110 cm³/mol. The second-order valence-corrected chi connectivity index (χ2v) is 7.60. The molecule has 2 heterocycles. The zero-order valence-corrected chi connectivity index (χ0v) is 16.3. The molecule has 0 fully saturated rings. The van der Waals surface area contributed by atoms with Gasteiger partial charge >= 0.3 is 0 Å². The van der Waals surface area contributed by atoms with Gasteiger partial charge in [-0.25, -0.2) is 4.39 Å². The first-order valence-electron chi connectivity index (χ1n) is 9.22. The van der Waals surface area contributed by atoms with Crippen molar-refractivity contribution in [2.45, 2.75) is 12.5 Å². The summed E-state index contributed by atoms with van der Waals surface area (Å²) >= 11 is 1.52. The Morgan fingerprint density at radius 3 is 2.69 bits per heavy atom. The summed E-state index contributed by atoms with van der Waals surface area (Å²) in [4.78, 5) is 27.5. The van der Waals surface area contributed by atoms with E-state index in [1.165, 1.54) is 23.5 Å². The van der Waals surface area contributed by atoms with Gasteiger partial charge < -0.3 is 15.0 Å². The number of carbonyl (C=O) groups excluding carboxylic acids is 2. The first-order valence-corrected chi connectivity index (χ1v) is 10.1. The smallest absolute Gasteiger partial charge is 0.265 e. The highest BCUT2D eigenvalue weighted by atomic mass is 32.1. The lowest BCUT2D eigenvalue weighted by Gasteiger charge is -2.29. The summed E-state index contributed by atoms with van der Waals surface area (Å²) in [6, 6.07) is 16.8. The quantitative estimate of drug-likeness (QED) is 0.670. The minimum atomic E-state index is -0.365. The van der Waals surface area contributed by atoms with Crippen LogP contribution in [0.5, 0.6) is 5.75 Å². The van der Waals surface area contributed by atoms with Gasteiger partial charge in [-0.3, -0.25) is 9.59 Å². The number of fused-ring (bicyclic) bond motifs is 1. The Bertz CT molecular complexity index is 1010. The molecule has 148 valence electrons. The van der Waals surface area contributed by atoms with Gasteiger partial charge in [-0.2, -0.15) is 0 Å². The Morgan fingerprint density at radius 1 is 1.14 bits per heavy atom. The van der Waals surface area contributed by atoms with Gasteiger partial charge in [-0.05, 0) is 41.3 Å². The van der Waals surface area contributed by atoms with Gasteiger partial charge in [0.1, 0.15) is 11.6 Å². The van der Waals surface area contributed by atoms with Crippen molar-refractivity contribution in [2.24, 2.45) is 0 Å². The number of benzene rings is 2. The molecule has 0 saturated carbocycles. The maximum Gasteiger partial charge on any atom is 0.265 e. The largest absolute Gasteiger partial charge is 0.482 e. The Hall–Kier alpha value is -3.19. The first-order chi connectivity index (χ1) is 14.1. The third kappa shape index (κ3) is 4.30. The predicted octanol–water partition coefficient (Wildman–Crippen LogP) is 3.91. The van der Waals surface area contributed by atoms with Crippen molar-refractivity contribution in [3.8, 4) is 5.75 Å². The standard InChI is InChI=1S/C22H19FN2O3S/c23-16-9-7-15(8-10-16)22(19-6-3-13-29-19)24-20(26)11-12-25-17-4-1-2-5-18(17)28-14-21(25)27/h1-10,13,22H,11-12,14H2,(H,24,26). The molecule has 7 heteroatoms. The van der Waals surface area contributed by atoms with Crippen LogP contribution in [0.15, 0.2) is 66.0 Å². The summed E-state index contributed by atoms with van der Waals surface area (Å²) < 4.78 is 18.7. The number of hydrogen-bond donors (Lipinski definition) is 1. The lowest BCUT2D eigenvalue weighted by atomic mass is 10.0. The zero-order valence-electron chi connectivity index (χ0n) is 15.5. The van der Waals surface area contributed by atoms with Crippen LogP contribution in [0.3, 0.4) is 0 Å². The second-order valence-electron chi connectivity index (χ2n) is 6.62. The van der Waals surface area contributed by atoms with Crippen molar-refractivity contribution in [2.75, 3.05) is 18.1 Å². The van der Waals surface area contributed by atoms with Gasteiger partial charge in [0, 0.05) is 17.8 Å². The molecule has 0 saturated heterocycles. The van der Waals surface area contributed by atoms with Crippen LogP contribution in [-0.4, -0.2) is 25.0 Å². The normalized spacial score (nSPS) is 14.1. The topological polar surface area (TPSA) is 58.6 Å². The van der Waals surface area contributed by atoms with E-state index in [2.05, 4.69) is 5.32 Å². The van der Waals surface area contributed by atoms with Crippen molar-refractivity contribution in [1.82, 2.24) is 5.32 Å². The number of nitrogens with zero attached hydrogens (tertiary/aromatic N) is 1. The van der Waals surface area contributed by atoms with Crippen LogP contribution < -0.4 is 15.0 Å². The van der Waals surface area contributed by atoms with E-state index >= 15 is 0 Å². The molecule has 1 N–H and O–H groups in total. The molecule has 0 bridgehead atoms. The highest BCUT2D eigenvalue weighted by molar-refractivity contribution is 7.10. The van der Waals surface area contributed by atoms with Gasteiger partial charge in [0.25, 0.3) is 5.91 Å². The van der Waals surface area contributed by atoms with E-state index in [1.807, 2.05) is 29.6 Å². The number of halogens is 1. The van der Waals surface area contributed by atoms with Crippen molar-refractivity contribution < 1.29 is 18.7 Å². The molecule has 1 aliphatic heterocycles. The fourth-order valence-corrected chi connectivity index (χ4v) is 4.08. The summed E-state index contributed by atoms with van der Waals surface area (Å²) in [5, 5.41) is 4.95. The summed E-state index contributed by atoms with van der Waals surface area (Å²) in [6.45, 7) is 0.220. The average molecular weight is 410 g/mol. The fraction of sp³-hybridized carbons (Fsp3) is 0.182. The fourth-order valence-electron chi connectivity index (χ4n) is 3.28. The Balaban J connectivity index is 1.46. The van der Waals surface area contributed by atoms with E-state index in [1.54, 1.807) is 29.2 Å². The number of rotatable bonds is 6. The third-order valence-corrected chi connectivity index (χ3v) is 5.64. The van der Waals surface area contributed by atoms with Crippen LogP contribution in [-0.2, 0) is 9.59 Å². The molecule has 29 heavy (non-hydrogen) atoms. The second kappa shape index (κ2) is 8.45. The van der Waals surface area contributed by atoms with Crippen LogP contribution in [0.1, 0.15) is 22.9 Å². The molecule has 1 aromatic heterocycles. The van der Waals surface area contributed by atoms with Crippen molar-refractivity contribution in [1.29, 1.82) is 0 Å². The summed E-state index contributed by atoms with van der Waals surface area (Å²) in [6.07, 6.45) is 0.142. The number of anilines is 1. The van der Waals surface area contributed by atoms with Gasteiger partial charge in [-0.1, -0.05) is 30.3 Å². The maximum atomic E-state index is 13.3. The average Bonchev–Trinajstić information content (AvgIpc) is 3.26. The number of hydrogen-bond acceptors (Lipinski definition) is 4. The summed E-state index contributed by atoms with van der Waals surface area (Å²) in [5.74, 6) is -0.0564. The Morgan fingerprint density at radius 2 is 1.93 bits per heavy atom. The molecule has 0 radical (unpaired) electrons. The SMILES string of the molecule is O=C(CCN1C(=O)COc2ccccc21)NC(c1ccc(F)cc1)c1cccs1. The molecule has 4 rings (SSSR count). The van der Waals surface area contributed by atoms with E-state index in [0.717, 1.165) is 10.4 Å². The molecule has 3 aromatic rings. The Labute approximate surface area is 171 Å². The Kier molecular flexibility index (Phi) is 5.57. The molecular weight excluding hydrogens is 391 g/mol. The molecule has 2 aromatic carbocycles. The highest BCUT2D eigenvalue weighted by Gasteiger charge is 2.26. The van der Waals surface area contributed by atoms with E-state index in [0.29, 0.717) is 11.4 Å². The van der Waals surface area contributed by atoms with E-state index in [9.17, 15) is 14.0 Å². The number of carbonyl (C=O) groups is 2. The molecule has 0 spiro atoms. The van der Waals surface area contributed by atoms with Gasteiger partial charge in [-0.15, -0.1) is 11.3 Å². The number of amides is 2. The minimum absolute atomic E-state index is 0.0357. The monoisotopic (exact) mass is 410 g/mol.